The summed E-state index contributed by atoms with van der Waals surface area (Å²) in [6.45, 7) is 6.61. The molecular formula is C9H6F3N. The lowest BCUT2D eigenvalue weighted by molar-refractivity contribution is 0.445. The molecule has 0 aliphatic heterocycles. The van der Waals surface area contributed by atoms with E-state index in [1.54, 1.807) is 0 Å². The zero-order valence-electron chi connectivity index (χ0n) is 6.65. The van der Waals surface area contributed by atoms with Crippen molar-refractivity contribution in [3.8, 4) is 0 Å². The number of benzene rings is 1. The topological polar surface area (TPSA) is 4.36 Å². The quantitative estimate of drug-likeness (QED) is 0.492. The van der Waals surface area contributed by atoms with E-state index >= 15 is 0 Å². The van der Waals surface area contributed by atoms with Gasteiger partial charge in [0.2, 0.25) is 6.54 Å². The molecule has 1 rings (SSSR count). The Balaban J connectivity index is 2.94. The lowest BCUT2D eigenvalue weighted by Gasteiger charge is -1.98. The Kier molecular flexibility index (Phi) is 2.91. The zero-order valence-corrected chi connectivity index (χ0v) is 6.65. The largest absolute Gasteiger partial charge is 0.317 e. The van der Waals surface area contributed by atoms with E-state index in [1.807, 2.05) is 0 Å². The average molecular weight is 185 g/mol. The first-order chi connectivity index (χ1) is 6.15. The summed E-state index contributed by atoms with van der Waals surface area (Å²) in [5.41, 5.74) is 0.299. The molecule has 0 heterocycles. The predicted octanol–water partition coefficient (Wildman–Crippen LogP) is 2.57. The van der Waals surface area contributed by atoms with Gasteiger partial charge in [-0.1, -0.05) is 0 Å². The average Bonchev–Trinajstić information content (AvgIpc) is 2.10. The van der Waals surface area contributed by atoms with Gasteiger partial charge in [0.15, 0.2) is 17.5 Å². The van der Waals surface area contributed by atoms with Crippen LogP contribution < -0.4 is 0 Å². The minimum Gasteiger partial charge on any atom is -0.317 e. The molecule has 0 bridgehead atoms. The maximum absolute atomic E-state index is 12.6. The van der Waals surface area contributed by atoms with Gasteiger partial charge < -0.3 is 4.85 Å². The Morgan fingerprint density at radius 3 is 2.15 bits per heavy atom. The van der Waals surface area contributed by atoms with E-state index < -0.39 is 17.5 Å². The third kappa shape index (κ3) is 2.22. The zero-order chi connectivity index (χ0) is 9.84. The van der Waals surface area contributed by atoms with Crippen molar-refractivity contribution < 1.29 is 13.2 Å². The molecule has 0 aliphatic carbocycles. The first-order valence-corrected chi connectivity index (χ1v) is 3.62. The Morgan fingerprint density at radius 1 is 1.15 bits per heavy atom. The van der Waals surface area contributed by atoms with E-state index in [0.29, 0.717) is 5.56 Å². The molecule has 1 aromatic rings. The Hall–Kier alpha value is -1.50. The lowest BCUT2D eigenvalue weighted by Crippen LogP contribution is -1.95. The molecular weight excluding hydrogens is 179 g/mol. The number of hydrogen-bond acceptors (Lipinski definition) is 0. The number of hydrogen-bond donors (Lipinski definition) is 0. The van der Waals surface area contributed by atoms with Crippen molar-refractivity contribution in [3.63, 3.8) is 0 Å². The molecule has 0 spiro atoms. The van der Waals surface area contributed by atoms with Crippen molar-refractivity contribution in [2.24, 2.45) is 0 Å². The van der Waals surface area contributed by atoms with E-state index in [-0.39, 0.29) is 13.0 Å². The smallest absolute Gasteiger partial charge is 0.218 e. The van der Waals surface area contributed by atoms with Gasteiger partial charge in [0, 0.05) is 6.42 Å². The van der Waals surface area contributed by atoms with Crippen LogP contribution in [0.2, 0.25) is 0 Å². The molecule has 0 amide bonds. The van der Waals surface area contributed by atoms with Crippen molar-refractivity contribution >= 4 is 0 Å². The van der Waals surface area contributed by atoms with Crippen molar-refractivity contribution in [1.82, 2.24) is 0 Å². The molecule has 0 saturated heterocycles. The van der Waals surface area contributed by atoms with Crippen molar-refractivity contribution in [3.05, 3.63) is 46.6 Å². The Morgan fingerprint density at radius 2 is 1.69 bits per heavy atom. The van der Waals surface area contributed by atoms with E-state index in [4.69, 9.17) is 6.57 Å². The lowest BCUT2D eigenvalue weighted by atomic mass is 10.1. The summed E-state index contributed by atoms with van der Waals surface area (Å²) >= 11 is 0. The summed E-state index contributed by atoms with van der Waals surface area (Å²) in [5, 5.41) is 0. The maximum Gasteiger partial charge on any atom is 0.218 e. The van der Waals surface area contributed by atoms with Crippen molar-refractivity contribution in [2.75, 3.05) is 6.54 Å². The summed E-state index contributed by atoms with van der Waals surface area (Å²) in [4.78, 5) is 3.02. The first kappa shape index (κ1) is 9.59. The Bertz CT molecular complexity index is 331. The minimum atomic E-state index is -1.47. The van der Waals surface area contributed by atoms with E-state index in [1.165, 1.54) is 0 Å². The van der Waals surface area contributed by atoms with Crippen LogP contribution in [0.25, 0.3) is 4.85 Å². The maximum atomic E-state index is 12.6. The number of nitrogens with zero attached hydrogens (tertiary/aromatic N) is 1. The fourth-order valence-corrected chi connectivity index (χ4v) is 0.937. The minimum absolute atomic E-state index is 0.143. The summed E-state index contributed by atoms with van der Waals surface area (Å²) in [5.74, 6) is -3.88. The normalized spacial score (nSPS) is 9.69. The molecule has 0 aliphatic rings. The third-order valence-electron chi connectivity index (χ3n) is 1.56. The highest BCUT2D eigenvalue weighted by atomic mass is 19.2. The highest BCUT2D eigenvalue weighted by Crippen LogP contribution is 2.13. The van der Waals surface area contributed by atoms with Crippen LogP contribution in [0, 0.1) is 24.0 Å². The van der Waals surface area contributed by atoms with Crippen LogP contribution in [-0.4, -0.2) is 6.54 Å². The highest BCUT2D eigenvalue weighted by Gasteiger charge is 2.10. The molecule has 68 valence electrons. The second-order valence-electron chi connectivity index (χ2n) is 2.51. The van der Waals surface area contributed by atoms with Gasteiger partial charge in [-0.25, -0.2) is 19.7 Å². The molecule has 0 atom stereocenters. The van der Waals surface area contributed by atoms with Crippen molar-refractivity contribution in [1.29, 1.82) is 0 Å². The van der Waals surface area contributed by atoms with E-state index in [2.05, 4.69) is 4.85 Å². The van der Waals surface area contributed by atoms with E-state index in [0.717, 1.165) is 12.1 Å². The van der Waals surface area contributed by atoms with Crippen LogP contribution in [0.15, 0.2) is 12.1 Å². The number of rotatable bonds is 2. The van der Waals surface area contributed by atoms with Crippen LogP contribution in [0.3, 0.4) is 0 Å². The van der Waals surface area contributed by atoms with Gasteiger partial charge in [-0.15, -0.1) is 0 Å². The number of halogens is 3. The van der Waals surface area contributed by atoms with Crippen LogP contribution in [0.5, 0.6) is 0 Å². The highest BCUT2D eigenvalue weighted by molar-refractivity contribution is 5.20. The van der Waals surface area contributed by atoms with Gasteiger partial charge in [0.05, 0.1) is 0 Å². The predicted molar refractivity (Wildman–Crippen MR) is 41.5 cm³/mol. The monoisotopic (exact) mass is 185 g/mol. The van der Waals surface area contributed by atoms with Crippen LogP contribution in [0.4, 0.5) is 13.2 Å². The Labute approximate surface area is 73.6 Å². The fraction of sp³-hybridized carbons (Fsp3) is 0.222. The standard InChI is InChI=1S/C9H6F3N/c1-13-3-2-6-4-7(10)9(12)8(11)5-6/h4-5H,2-3H2. The molecule has 1 aromatic carbocycles. The fourth-order valence-electron chi connectivity index (χ4n) is 0.937. The third-order valence-corrected chi connectivity index (χ3v) is 1.56. The molecule has 13 heavy (non-hydrogen) atoms. The molecule has 4 heteroatoms. The van der Waals surface area contributed by atoms with Gasteiger partial charge in [-0.05, 0) is 17.7 Å². The second kappa shape index (κ2) is 3.94. The molecule has 0 N–H and O–H groups in total. The van der Waals surface area contributed by atoms with Crippen LogP contribution >= 0.6 is 0 Å². The van der Waals surface area contributed by atoms with Crippen LogP contribution in [-0.2, 0) is 6.42 Å². The molecule has 0 aromatic heterocycles. The SMILES string of the molecule is [C-]#[N+]CCc1cc(F)c(F)c(F)c1. The van der Waals surface area contributed by atoms with Gasteiger partial charge in [0.1, 0.15) is 0 Å². The molecule has 0 unspecified atom stereocenters. The molecule has 1 nitrogen and oxygen atoms in total. The summed E-state index contributed by atoms with van der Waals surface area (Å²) in [6, 6.07) is 1.81. The summed E-state index contributed by atoms with van der Waals surface area (Å²) < 4.78 is 37.6. The second-order valence-corrected chi connectivity index (χ2v) is 2.51. The van der Waals surface area contributed by atoms with Gasteiger partial charge in [-0.3, -0.25) is 0 Å². The molecule has 0 saturated carbocycles. The summed E-state index contributed by atoms with van der Waals surface area (Å²) in [6.07, 6.45) is 0.234. The van der Waals surface area contributed by atoms with E-state index in [9.17, 15) is 13.2 Å². The van der Waals surface area contributed by atoms with Gasteiger partial charge in [-0.2, -0.15) is 0 Å². The first-order valence-electron chi connectivity index (χ1n) is 3.62. The van der Waals surface area contributed by atoms with Crippen molar-refractivity contribution in [2.45, 2.75) is 6.42 Å². The summed E-state index contributed by atoms with van der Waals surface area (Å²) in [7, 11) is 0. The van der Waals surface area contributed by atoms with Gasteiger partial charge >= 0.3 is 0 Å². The molecule has 0 radical (unpaired) electrons. The molecule has 0 fully saturated rings. The van der Waals surface area contributed by atoms with Crippen LogP contribution in [0.1, 0.15) is 5.56 Å². The van der Waals surface area contributed by atoms with Gasteiger partial charge in [0.25, 0.3) is 0 Å².